The zero-order valence-electron chi connectivity index (χ0n) is 16.6. The fraction of sp³-hybridized carbons (Fsp3) is 0. The Balaban J connectivity index is 1.31. The van der Waals surface area contributed by atoms with Gasteiger partial charge in [-0.1, -0.05) is 72.3 Å². The van der Waals surface area contributed by atoms with Crippen molar-refractivity contribution in [1.82, 2.24) is 10.3 Å². The van der Waals surface area contributed by atoms with Crippen LogP contribution in [0.1, 0.15) is 10.4 Å². The predicted molar refractivity (Wildman–Crippen MR) is 138 cm³/mol. The molecule has 4 nitrogen and oxygen atoms in total. The summed E-state index contributed by atoms with van der Waals surface area (Å²) in [4.78, 5) is 17.4. The van der Waals surface area contributed by atoms with Gasteiger partial charge < -0.3 is 5.32 Å². The zero-order chi connectivity index (χ0) is 22.1. The van der Waals surface area contributed by atoms with Crippen LogP contribution >= 0.6 is 35.2 Å². The van der Waals surface area contributed by atoms with E-state index in [0.717, 1.165) is 27.4 Å². The summed E-state index contributed by atoms with van der Waals surface area (Å²) >= 11 is 13.0. The molecule has 0 spiro atoms. The number of hydrogen-bond donors (Lipinski definition) is 2. The molecule has 156 valence electrons. The second kappa shape index (κ2) is 8.67. The van der Waals surface area contributed by atoms with Crippen molar-refractivity contribution < 1.29 is 4.79 Å². The molecule has 0 aliphatic carbocycles. The summed E-state index contributed by atoms with van der Waals surface area (Å²) in [7, 11) is 0. The van der Waals surface area contributed by atoms with Crippen LogP contribution in [-0.4, -0.2) is 16.0 Å². The van der Waals surface area contributed by atoms with Gasteiger partial charge in [-0.25, -0.2) is 4.98 Å². The van der Waals surface area contributed by atoms with Gasteiger partial charge >= 0.3 is 0 Å². The zero-order valence-corrected chi connectivity index (χ0v) is 19.0. The molecule has 4 aromatic carbocycles. The third-order valence-electron chi connectivity index (χ3n) is 5.11. The van der Waals surface area contributed by atoms with Gasteiger partial charge in [0.1, 0.15) is 0 Å². The van der Waals surface area contributed by atoms with Gasteiger partial charge in [0, 0.05) is 26.9 Å². The van der Waals surface area contributed by atoms with Crippen LogP contribution in [0.2, 0.25) is 5.02 Å². The van der Waals surface area contributed by atoms with Gasteiger partial charge in [0.05, 0.1) is 5.69 Å². The Morgan fingerprint density at radius 2 is 1.69 bits per heavy atom. The van der Waals surface area contributed by atoms with E-state index in [4.69, 9.17) is 23.8 Å². The van der Waals surface area contributed by atoms with Gasteiger partial charge in [-0.3, -0.25) is 10.1 Å². The fourth-order valence-electron chi connectivity index (χ4n) is 3.58. The van der Waals surface area contributed by atoms with E-state index in [2.05, 4.69) is 39.9 Å². The number of carbonyl (C=O) groups is 1. The van der Waals surface area contributed by atoms with Crippen LogP contribution in [0.4, 0.5) is 5.13 Å². The minimum Gasteiger partial charge on any atom is -0.308 e. The molecule has 1 amide bonds. The number of aromatic nitrogens is 1. The lowest BCUT2D eigenvalue weighted by Crippen LogP contribution is -2.34. The average molecular weight is 474 g/mol. The van der Waals surface area contributed by atoms with E-state index >= 15 is 0 Å². The molecule has 5 rings (SSSR count). The predicted octanol–water partition coefficient (Wildman–Crippen LogP) is 6.90. The fourth-order valence-corrected chi connectivity index (χ4v) is 4.80. The quantitative estimate of drug-likeness (QED) is 0.280. The number of carbonyl (C=O) groups excluding carboxylic acids is 1. The molecule has 0 unspecified atom stereocenters. The molecule has 0 fully saturated rings. The van der Waals surface area contributed by atoms with E-state index in [0.29, 0.717) is 15.7 Å². The minimum absolute atomic E-state index is 0.188. The van der Waals surface area contributed by atoms with Crippen LogP contribution in [0, 0.1) is 0 Å². The Bertz CT molecular complexity index is 1500. The van der Waals surface area contributed by atoms with Crippen molar-refractivity contribution in [2.75, 3.05) is 5.32 Å². The molecular formula is C25H16ClN3OS2. The number of anilines is 1. The molecule has 0 atom stereocenters. The molecular weight excluding hydrogens is 458 g/mol. The molecule has 2 N–H and O–H groups in total. The number of thiocarbonyl (C=S) groups is 1. The van der Waals surface area contributed by atoms with Crippen LogP contribution in [0.5, 0.6) is 0 Å². The molecule has 1 heterocycles. The first kappa shape index (κ1) is 20.6. The molecule has 0 saturated carbocycles. The maximum atomic E-state index is 12.8. The van der Waals surface area contributed by atoms with E-state index in [1.807, 2.05) is 41.8 Å². The number of amides is 1. The SMILES string of the molecule is O=C(NC(=S)Nc1nc(-c2ccc3ccccc3c2)cs1)c1cccc2c(Cl)cccc12. The molecule has 1 aromatic heterocycles. The van der Waals surface area contributed by atoms with Crippen molar-refractivity contribution in [3.8, 4) is 11.3 Å². The van der Waals surface area contributed by atoms with Crippen LogP contribution in [0.3, 0.4) is 0 Å². The summed E-state index contributed by atoms with van der Waals surface area (Å²) in [5.41, 5.74) is 2.38. The summed E-state index contributed by atoms with van der Waals surface area (Å²) in [5.74, 6) is -0.304. The number of halogens is 1. The summed E-state index contributed by atoms with van der Waals surface area (Å²) in [6.07, 6.45) is 0. The average Bonchev–Trinajstić information content (AvgIpc) is 3.27. The lowest BCUT2D eigenvalue weighted by atomic mass is 10.0. The molecule has 32 heavy (non-hydrogen) atoms. The number of nitrogens with zero attached hydrogens (tertiary/aromatic N) is 1. The van der Waals surface area contributed by atoms with Crippen molar-refractivity contribution in [1.29, 1.82) is 0 Å². The van der Waals surface area contributed by atoms with Gasteiger partial charge in [-0.15, -0.1) is 11.3 Å². The number of nitrogens with one attached hydrogen (secondary N) is 2. The Morgan fingerprint density at radius 3 is 2.56 bits per heavy atom. The first-order valence-corrected chi connectivity index (χ1v) is 11.5. The van der Waals surface area contributed by atoms with E-state index in [1.54, 1.807) is 18.2 Å². The molecule has 7 heteroatoms. The third-order valence-corrected chi connectivity index (χ3v) is 6.40. The number of fused-ring (bicyclic) bond motifs is 2. The lowest BCUT2D eigenvalue weighted by Gasteiger charge is -2.10. The largest absolute Gasteiger partial charge is 0.308 e. The normalized spacial score (nSPS) is 10.9. The number of rotatable bonds is 3. The van der Waals surface area contributed by atoms with Crippen molar-refractivity contribution in [3.05, 3.63) is 94.8 Å². The maximum Gasteiger partial charge on any atom is 0.258 e. The lowest BCUT2D eigenvalue weighted by molar-refractivity contribution is 0.0979. The highest BCUT2D eigenvalue weighted by Crippen LogP contribution is 2.28. The van der Waals surface area contributed by atoms with Gasteiger partial charge in [0.25, 0.3) is 5.91 Å². The van der Waals surface area contributed by atoms with Crippen molar-refractivity contribution in [2.24, 2.45) is 0 Å². The monoisotopic (exact) mass is 473 g/mol. The molecule has 0 aliphatic rings. The van der Waals surface area contributed by atoms with Gasteiger partial charge in [-0.05, 0) is 46.6 Å². The highest BCUT2D eigenvalue weighted by Gasteiger charge is 2.14. The summed E-state index contributed by atoms with van der Waals surface area (Å²) in [6.45, 7) is 0. The standard InChI is InChI=1S/C25H16ClN3OS2/c26-21-10-4-7-18-19(21)8-3-9-20(18)23(30)28-24(31)29-25-27-22(14-32-25)17-12-11-15-5-1-2-6-16(15)13-17/h1-14H,(H2,27,28,29,30,31). The van der Waals surface area contributed by atoms with Crippen molar-refractivity contribution >= 4 is 72.9 Å². The third kappa shape index (κ3) is 4.08. The van der Waals surface area contributed by atoms with E-state index < -0.39 is 0 Å². The second-order valence-corrected chi connectivity index (χ2v) is 8.82. The Hall–Kier alpha value is -3.32. The maximum absolute atomic E-state index is 12.8. The molecule has 0 aliphatic heterocycles. The highest BCUT2D eigenvalue weighted by molar-refractivity contribution is 7.80. The minimum atomic E-state index is -0.304. The Labute approximate surface area is 198 Å². The number of hydrogen-bond acceptors (Lipinski definition) is 4. The molecule has 0 bridgehead atoms. The summed E-state index contributed by atoms with van der Waals surface area (Å²) in [5, 5.41) is 13.0. The first-order chi connectivity index (χ1) is 15.6. The van der Waals surface area contributed by atoms with Gasteiger partial charge in [-0.2, -0.15) is 0 Å². The van der Waals surface area contributed by atoms with Crippen molar-refractivity contribution in [3.63, 3.8) is 0 Å². The van der Waals surface area contributed by atoms with Crippen LogP contribution < -0.4 is 10.6 Å². The van der Waals surface area contributed by atoms with E-state index in [9.17, 15) is 4.79 Å². The van der Waals surface area contributed by atoms with Crippen LogP contribution in [0.25, 0.3) is 32.8 Å². The van der Waals surface area contributed by atoms with Crippen molar-refractivity contribution in [2.45, 2.75) is 0 Å². The topological polar surface area (TPSA) is 54.0 Å². The van der Waals surface area contributed by atoms with Gasteiger partial charge in [0.2, 0.25) is 0 Å². The summed E-state index contributed by atoms with van der Waals surface area (Å²) < 4.78 is 0. The van der Waals surface area contributed by atoms with Crippen LogP contribution in [-0.2, 0) is 0 Å². The summed E-state index contributed by atoms with van der Waals surface area (Å²) in [6, 6.07) is 25.4. The smallest absolute Gasteiger partial charge is 0.258 e. The number of thiazole rings is 1. The molecule has 5 aromatic rings. The second-order valence-electron chi connectivity index (χ2n) is 7.15. The Morgan fingerprint density at radius 1 is 0.906 bits per heavy atom. The molecule has 0 saturated heterocycles. The highest BCUT2D eigenvalue weighted by atomic mass is 35.5. The Kier molecular flexibility index (Phi) is 5.57. The van der Waals surface area contributed by atoms with Crippen LogP contribution in [0.15, 0.2) is 84.2 Å². The van der Waals surface area contributed by atoms with E-state index in [1.165, 1.54) is 16.7 Å². The van der Waals surface area contributed by atoms with E-state index in [-0.39, 0.29) is 11.0 Å². The first-order valence-electron chi connectivity index (χ1n) is 9.83. The van der Waals surface area contributed by atoms with Gasteiger partial charge in [0.15, 0.2) is 10.2 Å². The number of benzene rings is 4. The molecule has 0 radical (unpaired) electrons.